The standard InChI is InChI=1S/C16H21N3O2/c1-10(2)12-7-6-11(3)13(8-12)21-16-14(20-5)15(17-4)18-9-19-16/h6-10H,1-5H3,(H,17,18,19). The van der Waals surface area contributed by atoms with E-state index < -0.39 is 0 Å². The van der Waals surface area contributed by atoms with Gasteiger partial charge in [-0.25, -0.2) is 4.98 Å². The maximum absolute atomic E-state index is 5.95. The second kappa shape index (κ2) is 6.43. The lowest BCUT2D eigenvalue weighted by atomic mass is 10.0. The molecule has 0 saturated carbocycles. The predicted molar refractivity (Wildman–Crippen MR) is 83.5 cm³/mol. The SMILES string of the molecule is CNc1ncnc(Oc2cc(C(C)C)ccc2C)c1OC. The molecule has 0 atom stereocenters. The van der Waals surface area contributed by atoms with Crippen LogP contribution >= 0.6 is 0 Å². The number of rotatable bonds is 5. The molecule has 0 radical (unpaired) electrons. The van der Waals surface area contributed by atoms with Crippen molar-refractivity contribution < 1.29 is 9.47 Å². The van der Waals surface area contributed by atoms with Crippen molar-refractivity contribution in [2.75, 3.05) is 19.5 Å². The van der Waals surface area contributed by atoms with Gasteiger partial charge in [-0.1, -0.05) is 26.0 Å². The minimum Gasteiger partial charge on any atom is -0.489 e. The number of nitrogens with zero attached hydrogens (tertiary/aromatic N) is 2. The van der Waals surface area contributed by atoms with Crippen LogP contribution in [0.25, 0.3) is 0 Å². The Morgan fingerprint density at radius 1 is 1.19 bits per heavy atom. The lowest BCUT2D eigenvalue weighted by Crippen LogP contribution is -2.01. The molecule has 0 bridgehead atoms. The molecule has 0 aliphatic carbocycles. The van der Waals surface area contributed by atoms with Gasteiger partial charge in [0.1, 0.15) is 12.1 Å². The molecule has 5 nitrogen and oxygen atoms in total. The first-order valence-electron chi connectivity index (χ1n) is 6.92. The smallest absolute Gasteiger partial charge is 0.268 e. The highest BCUT2D eigenvalue weighted by molar-refractivity contribution is 5.56. The van der Waals surface area contributed by atoms with Gasteiger partial charge in [-0.05, 0) is 30.0 Å². The highest BCUT2D eigenvalue weighted by Gasteiger charge is 2.15. The number of benzene rings is 1. The van der Waals surface area contributed by atoms with Crippen molar-refractivity contribution in [1.29, 1.82) is 0 Å². The van der Waals surface area contributed by atoms with E-state index in [0.29, 0.717) is 23.4 Å². The first-order chi connectivity index (χ1) is 10.1. The summed E-state index contributed by atoms with van der Waals surface area (Å²) in [7, 11) is 3.35. The van der Waals surface area contributed by atoms with Crippen LogP contribution in [0.1, 0.15) is 30.9 Å². The maximum Gasteiger partial charge on any atom is 0.268 e. The van der Waals surface area contributed by atoms with E-state index in [-0.39, 0.29) is 0 Å². The molecule has 0 spiro atoms. The van der Waals surface area contributed by atoms with Crippen molar-refractivity contribution in [2.24, 2.45) is 0 Å². The molecule has 21 heavy (non-hydrogen) atoms. The molecular formula is C16H21N3O2. The Kier molecular flexibility index (Phi) is 4.62. The van der Waals surface area contributed by atoms with Crippen LogP contribution in [-0.4, -0.2) is 24.1 Å². The van der Waals surface area contributed by atoms with E-state index in [0.717, 1.165) is 11.3 Å². The molecule has 0 aliphatic heterocycles. The van der Waals surface area contributed by atoms with Gasteiger partial charge in [0.05, 0.1) is 7.11 Å². The first kappa shape index (κ1) is 15.1. The minimum absolute atomic E-state index is 0.404. The summed E-state index contributed by atoms with van der Waals surface area (Å²) in [5.41, 5.74) is 2.27. The average molecular weight is 287 g/mol. The van der Waals surface area contributed by atoms with E-state index in [2.05, 4.69) is 41.3 Å². The molecule has 0 aliphatic rings. The Labute approximate surface area is 125 Å². The number of aryl methyl sites for hydroxylation is 1. The summed E-state index contributed by atoms with van der Waals surface area (Å²) in [6.45, 7) is 6.31. The van der Waals surface area contributed by atoms with Crippen molar-refractivity contribution in [3.05, 3.63) is 35.7 Å². The largest absolute Gasteiger partial charge is 0.489 e. The molecule has 0 amide bonds. The third-order valence-electron chi connectivity index (χ3n) is 3.30. The summed E-state index contributed by atoms with van der Waals surface area (Å²) in [6.07, 6.45) is 1.45. The molecule has 0 unspecified atom stereocenters. The van der Waals surface area contributed by atoms with Gasteiger partial charge in [-0.15, -0.1) is 0 Å². The fourth-order valence-corrected chi connectivity index (χ4v) is 1.98. The molecule has 0 fully saturated rings. The highest BCUT2D eigenvalue weighted by Crippen LogP contribution is 2.35. The van der Waals surface area contributed by atoms with Crippen LogP contribution < -0.4 is 14.8 Å². The molecule has 2 aromatic rings. The van der Waals surface area contributed by atoms with E-state index in [4.69, 9.17) is 9.47 Å². The number of hydrogen-bond acceptors (Lipinski definition) is 5. The van der Waals surface area contributed by atoms with Crippen LogP contribution in [0.3, 0.4) is 0 Å². The summed E-state index contributed by atoms with van der Waals surface area (Å²) >= 11 is 0. The summed E-state index contributed by atoms with van der Waals surface area (Å²) in [5.74, 6) is 2.71. The topological polar surface area (TPSA) is 56.3 Å². The quantitative estimate of drug-likeness (QED) is 0.907. The molecule has 1 aromatic carbocycles. The summed E-state index contributed by atoms with van der Waals surface area (Å²) < 4.78 is 11.3. The predicted octanol–water partition coefficient (Wildman–Crippen LogP) is 3.75. The van der Waals surface area contributed by atoms with Crippen LogP contribution in [0, 0.1) is 6.92 Å². The fourth-order valence-electron chi connectivity index (χ4n) is 1.98. The molecule has 1 N–H and O–H groups in total. The van der Waals surface area contributed by atoms with E-state index in [1.165, 1.54) is 11.9 Å². The first-order valence-corrected chi connectivity index (χ1v) is 6.92. The number of hydrogen-bond donors (Lipinski definition) is 1. The van der Waals surface area contributed by atoms with Crippen LogP contribution in [0.4, 0.5) is 5.82 Å². The van der Waals surface area contributed by atoms with Crippen LogP contribution in [0.15, 0.2) is 24.5 Å². The zero-order valence-corrected chi connectivity index (χ0v) is 13.1. The normalized spacial score (nSPS) is 10.6. The lowest BCUT2D eigenvalue weighted by Gasteiger charge is -2.14. The molecule has 1 heterocycles. The van der Waals surface area contributed by atoms with Crippen molar-refractivity contribution in [2.45, 2.75) is 26.7 Å². The van der Waals surface area contributed by atoms with Crippen molar-refractivity contribution in [1.82, 2.24) is 9.97 Å². The Morgan fingerprint density at radius 2 is 1.95 bits per heavy atom. The fraction of sp³-hybridized carbons (Fsp3) is 0.375. The minimum atomic E-state index is 0.404. The Morgan fingerprint density at radius 3 is 2.57 bits per heavy atom. The molecule has 1 aromatic heterocycles. The maximum atomic E-state index is 5.95. The summed E-state index contributed by atoms with van der Waals surface area (Å²) in [6, 6.07) is 6.21. The van der Waals surface area contributed by atoms with Gasteiger partial charge in [0.15, 0.2) is 5.82 Å². The molecule has 112 valence electrons. The summed E-state index contributed by atoms with van der Waals surface area (Å²) in [4.78, 5) is 8.28. The number of nitrogens with one attached hydrogen (secondary N) is 1. The molecular weight excluding hydrogens is 266 g/mol. The van der Waals surface area contributed by atoms with E-state index in [1.807, 2.05) is 13.0 Å². The second-order valence-electron chi connectivity index (χ2n) is 5.09. The highest BCUT2D eigenvalue weighted by atomic mass is 16.5. The zero-order chi connectivity index (χ0) is 15.4. The Hall–Kier alpha value is -2.30. The van der Waals surface area contributed by atoms with E-state index in [1.54, 1.807) is 14.2 Å². The average Bonchev–Trinajstić information content (AvgIpc) is 2.48. The third-order valence-corrected chi connectivity index (χ3v) is 3.30. The van der Waals surface area contributed by atoms with Gasteiger partial charge < -0.3 is 14.8 Å². The molecule has 5 heteroatoms. The van der Waals surface area contributed by atoms with Gasteiger partial charge in [0.2, 0.25) is 5.75 Å². The van der Waals surface area contributed by atoms with Crippen molar-refractivity contribution >= 4 is 5.82 Å². The van der Waals surface area contributed by atoms with E-state index >= 15 is 0 Å². The molecule has 0 saturated heterocycles. The number of anilines is 1. The Bertz CT molecular complexity index is 627. The number of aromatic nitrogens is 2. The van der Waals surface area contributed by atoms with Gasteiger partial charge in [-0.3, -0.25) is 0 Å². The van der Waals surface area contributed by atoms with Gasteiger partial charge in [-0.2, -0.15) is 4.98 Å². The third kappa shape index (κ3) is 3.24. The van der Waals surface area contributed by atoms with Crippen LogP contribution in [-0.2, 0) is 0 Å². The summed E-state index contributed by atoms with van der Waals surface area (Å²) in [5, 5.41) is 2.96. The molecule has 2 rings (SSSR count). The monoisotopic (exact) mass is 287 g/mol. The van der Waals surface area contributed by atoms with Gasteiger partial charge in [0, 0.05) is 7.05 Å². The zero-order valence-electron chi connectivity index (χ0n) is 13.1. The lowest BCUT2D eigenvalue weighted by molar-refractivity contribution is 0.368. The van der Waals surface area contributed by atoms with Crippen LogP contribution in [0.2, 0.25) is 0 Å². The number of ether oxygens (including phenoxy) is 2. The van der Waals surface area contributed by atoms with Gasteiger partial charge in [0.25, 0.3) is 5.88 Å². The van der Waals surface area contributed by atoms with Gasteiger partial charge >= 0.3 is 0 Å². The Balaban J connectivity index is 2.40. The number of methoxy groups -OCH3 is 1. The van der Waals surface area contributed by atoms with Crippen LogP contribution in [0.5, 0.6) is 17.4 Å². The van der Waals surface area contributed by atoms with E-state index in [9.17, 15) is 0 Å². The van der Waals surface area contributed by atoms with Crippen molar-refractivity contribution in [3.8, 4) is 17.4 Å². The van der Waals surface area contributed by atoms with Crippen molar-refractivity contribution in [3.63, 3.8) is 0 Å². The second-order valence-corrected chi connectivity index (χ2v) is 5.09.